The van der Waals surface area contributed by atoms with Gasteiger partial charge in [-0.1, -0.05) is 0 Å². The molecule has 0 saturated carbocycles. The van der Waals surface area contributed by atoms with E-state index in [1.54, 1.807) is 10.9 Å². The molecule has 15 heavy (non-hydrogen) atoms. The zero-order valence-electron chi connectivity index (χ0n) is 7.98. The zero-order chi connectivity index (χ0) is 10.8. The van der Waals surface area contributed by atoms with Gasteiger partial charge in [0.1, 0.15) is 6.54 Å². The van der Waals surface area contributed by atoms with Crippen LogP contribution in [0.4, 0.5) is 4.39 Å². The summed E-state index contributed by atoms with van der Waals surface area (Å²) in [4.78, 5) is 7.76. The Hall–Kier alpha value is -1.05. The number of nitrogens with zero attached hydrogens (tertiary/aromatic N) is 4. The molecule has 0 amide bonds. The van der Waals surface area contributed by atoms with E-state index in [2.05, 4.69) is 15.1 Å². The van der Waals surface area contributed by atoms with Crippen molar-refractivity contribution >= 4 is 22.6 Å². The molecular weight excluding hydrogens is 310 g/mol. The maximum absolute atomic E-state index is 13.1. The molecule has 0 fully saturated rings. The van der Waals surface area contributed by atoms with E-state index in [1.165, 1.54) is 6.20 Å². The van der Waals surface area contributed by atoms with Gasteiger partial charge in [0.15, 0.2) is 5.82 Å². The highest BCUT2D eigenvalue weighted by molar-refractivity contribution is 14.1. The lowest BCUT2D eigenvalue weighted by atomic mass is 10.4. The Balaban J connectivity index is 2.21. The predicted octanol–water partition coefficient (Wildman–Crippen LogP) is 1.77. The molecule has 78 valence electrons. The second kappa shape index (κ2) is 4.21. The van der Waals surface area contributed by atoms with Crippen molar-refractivity contribution < 1.29 is 4.39 Å². The standard InChI is InChI=1S/C9H8FIN4/c1-6-2-13-15(4-6)5-8-12-3-7(11)9(10)14-8/h2-4H,5H2,1H3. The van der Waals surface area contributed by atoms with Crippen molar-refractivity contribution in [3.8, 4) is 0 Å². The summed E-state index contributed by atoms with van der Waals surface area (Å²) >= 11 is 1.85. The fraction of sp³-hybridized carbons (Fsp3) is 0.222. The molecule has 6 heteroatoms. The predicted molar refractivity (Wildman–Crippen MR) is 60.8 cm³/mol. The highest BCUT2D eigenvalue weighted by Crippen LogP contribution is 2.07. The third-order valence-electron chi connectivity index (χ3n) is 1.82. The van der Waals surface area contributed by atoms with Gasteiger partial charge in [-0.2, -0.15) is 9.49 Å². The average molecular weight is 318 g/mol. The van der Waals surface area contributed by atoms with Crippen LogP contribution in [0.15, 0.2) is 18.6 Å². The minimum atomic E-state index is -0.482. The van der Waals surface area contributed by atoms with E-state index < -0.39 is 5.95 Å². The van der Waals surface area contributed by atoms with Gasteiger partial charge in [0.05, 0.1) is 9.77 Å². The summed E-state index contributed by atoms with van der Waals surface area (Å²) in [6.07, 6.45) is 5.07. The first kappa shape index (κ1) is 10.5. The van der Waals surface area contributed by atoms with Crippen LogP contribution in [0.2, 0.25) is 0 Å². The Morgan fingerprint density at radius 1 is 1.47 bits per heavy atom. The van der Waals surface area contributed by atoms with Crippen molar-refractivity contribution in [3.63, 3.8) is 0 Å². The van der Waals surface area contributed by atoms with Gasteiger partial charge >= 0.3 is 0 Å². The largest absolute Gasteiger partial charge is 0.265 e. The van der Waals surface area contributed by atoms with Gasteiger partial charge in [0.25, 0.3) is 0 Å². The van der Waals surface area contributed by atoms with Gasteiger partial charge in [0.2, 0.25) is 5.95 Å². The summed E-state index contributed by atoms with van der Waals surface area (Å²) in [6, 6.07) is 0. The normalized spacial score (nSPS) is 10.6. The maximum atomic E-state index is 13.1. The van der Waals surface area contributed by atoms with Crippen molar-refractivity contribution in [1.82, 2.24) is 19.7 Å². The first-order valence-corrected chi connectivity index (χ1v) is 5.39. The number of rotatable bonds is 2. The van der Waals surface area contributed by atoms with Crippen LogP contribution in [-0.4, -0.2) is 19.7 Å². The lowest BCUT2D eigenvalue weighted by Crippen LogP contribution is -2.06. The van der Waals surface area contributed by atoms with Crippen LogP contribution >= 0.6 is 22.6 Å². The Bertz CT molecular complexity index is 483. The molecule has 0 radical (unpaired) electrons. The van der Waals surface area contributed by atoms with E-state index in [9.17, 15) is 4.39 Å². The number of hydrogen-bond acceptors (Lipinski definition) is 3. The topological polar surface area (TPSA) is 43.6 Å². The van der Waals surface area contributed by atoms with Crippen LogP contribution in [0.3, 0.4) is 0 Å². The Labute approximate surface area is 99.7 Å². The Kier molecular flexibility index (Phi) is 2.94. The van der Waals surface area contributed by atoms with E-state index in [4.69, 9.17) is 0 Å². The monoisotopic (exact) mass is 318 g/mol. The van der Waals surface area contributed by atoms with Crippen LogP contribution in [0, 0.1) is 16.4 Å². The van der Waals surface area contributed by atoms with E-state index >= 15 is 0 Å². The molecule has 0 bridgehead atoms. The molecule has 0 unspecified atom stereocenters. The average Bonchev–Trinajstić information content (AvgIpc) is 2.58. The molecule has 0 atom stereocenters. The molecule has 0 spiro atoms. The van der Waals surface area contributed by atoms with Crippen molar-refractivity contribution in [2.24, 2.45) is 0 Å². The second-order valence-electron chi connectivity index (χ2n) is 3.14. The van der Waals surface area contributed by atoms with E-state index in [0.29, 0.717) is 15.9 Å². The van der Waals surface area contributed by atoms with E-state index in [1.807, 2.05) is 35.7 Å². The number of aromatic nitrogens is 4. The second-order valence-corrected chi connectivity index (χ2v) is 4.30. The highest BCUT2D eigenvalue weighted by Gasteiger charge is 2.04. The SMILES string of the molecule is Cc1cnn(Cc2ncc(I)c(F)n2)c1. The molecule has 2 rings (SSSR count). The minimum Gasteiger partial charge on any atom is -0.265 e. The van der Waals surface area contributed by atoms with Gasteiger partial charge in [-0.15, -0.1) is 0 Å². The van der Waals surface area contributed by atoms with Crippen molar-refractivity contribution in [2.45, 2.75) is 13.5 Å². The van der Waals surface area contributed by atoms with Gasteiger partial charge in [-0.25, -0.2) is 9.97 Å². The van der Waals surface area contributed by atoms with Gasteiger partial charge < -0.3 is 0 Å². The van der Waals surface area contributed by atoms with Crippen molar-refractivity contribution in [1.29, 1.82) is 0 Å². The summed E-state index contributed by atoms with van der Waals surface area (Å²) < 4.78 is 15.2. The molecule has 2 aromatic rings. The minimum absolute atomic E-state index is 0.391. The van der Waals surface area contributed by atoms with Crippen molar-refractivity contribution in [2.75, 3.05) is 0 Å². The quantitative estimate of drug-likeness (QED) is 0.626. The fourth-order valence-corrected chi connectivity index (χ4v) is 1.41. The van der Waals surface area contributed by atoms with Crippen LogP contribution in [-0.2, 0) is 6.54 Å². The zero-order valence-corrected chi connectivity index (χ0v) is 10.1. The van der Waals surface area contributed by atoms with E-state index in [-0.39, 0.29) is 0 Å². The Morgan fingerprint density at radius 3 is 2.87 bits per heavy atom. The number of halogens is 2. The third kappa shape index (κ3) is 2.49. The summed E-state index contributed by atoms with van der Waals surface area (Å²) in [5, 5.41) is 4.08. The lowest BCUT2D eigenvalue weighted by Gasteiger charge is -2.00. The van der Waals surface area contributed by atoms with Crippen LogP contribution in [0.25, 0.3) is 0 Å². The van der Waals surface area contributed by atoms with Crippen LogP contribution in [0.5, 0.6) is 0 Å². The maximum Gasteiger partial charge on any atom is 0.229 e. The molecule has 0 aromatic carbocycles. The summed E-state index contributed by atoms with van der Waals surface area (Å²) in [7, 11) is 0. The highest BCUT2D eigenvalue weighted by atomic mass is 127. The first-order chi connectivity index (χ1) is 7.15. The molecule has 0 N–H and O–H groups in total. The molecule has 2 heterocycles. The van der Waals surface area contributed by atoms with Gasteiger partial charge in [0, 0.05) is 12.4 Å². The first-order valence-electron chi connectivity index (χ1n) is 4.31. The number of hydrogen-bond donors (Lipinski definition) is 0. The van der Waals surface area contributed by atoms with Crippen molar-refractivity contribution in [3.05, 3.63) is 39.5 Å². The summed E-state index contributed by atoms with van der Waals surface area (Å²) in [6.45, 7) is 2.33. The van der Waals surface area contributed by atoms with Gasteiger partial charge in [-0.05, 0) is 35.1 Å². The van der Waals surface area contributed by atoms with E-state index in [0.717, 1.165) is 5.56 Å². The molecule has 0 saturated heterocycles. The fourth-order valence-electron chi connectivity index (χ4n) is 1.15. The summed E-state index contributed by atoms with van der Waals surface area (Å²) in [5.41, 5.74) is 1.06. The molecule has 4 nitrogen and oxygen atoms in total. The molecule has 2 aromatic heterocycles. The summed E-state index contributed by atoms with van der Waals surface area (Å²) in [5.74, 6) is -0.0551. The molecule has 0 aliphatic carbocycles. The van der Waals surface area contributed by atoms with Crippen LogP contribution < -0.4 is 0 Å². The molecule has 0 aliphatic rings. The smallest absolute Gasteiger partial charge is 0.229 e. The molecular formula is C9H8FIN4. The number of aryl methyl sites for hydroxylation is 1. The third-order valence-corrected chi connectivity index (χ3v) is 2.54. The van der Waals surface area contributed by atoms with Crippen LogP contribution in [0.1, 0.15) is 11.4 Å². The Morgan fingerprint density at radius 2 is 2.27 bits per heavy atom. The van der Waals surface area contributed by atoms with Gasteiger partial charge in [-0.3, -0.25) is 4.68 Å². The lowest BCUT2D eigenvalue weighted by molar-refractivity contribution is 0.549. The molecule has 0 aliphatic heterocycles.